The Balaban J connectivity index is 1.90. The summed E-state index contributed by atoms with van der Waals surface area (Å²) < 4.78 is 5.15. The van der Waals surface area contributed by atoms with Crippen LogP contribution in [0.4, 0.5) is 5.95 Å². The van der Waals surface area contributed by atoms with Gasteiger partial charge in [0.15, 0.2) is 5.82 Å². The molecule has 1 saturated heterocycles. The summed E-state index contributed by atoms with van der Waals surface area (Å²) in [6.07, 6.45) is 0.939. The van der Waals surface area contributed by atoms with Crippen LogP contribution in [0.25, 0.3) is 11.4 Å². The summed E-state index contributed by atoms with van der Waals surface area (Å²) in [6, 6.07) is 5.15. The maximum Gasteiger partial charge on any atom is 0.245 e. The number of aromatic amines is 1. The van der Waals surface area contributed by atoms with E-state index in [2.05, 4.69) is 15.2 Å². The molecule has 1 aromatic heterocycles. The molecule has 1 atom stereocenters. The number of nitrogens with one attached hydrogen (secondary N) is 1. The van der Waals surface area contributed by atoms with Crippen LogP contribution in [0.1, 0.15) is 6.42 Å². The molecule has 1 fully saturated rings. The van der Waals surface area contributed by atoms with Crippen molar-refractivity contribution in [2.24, 2.45) is 5.73 Å². The number of hydrogen-bond acceptors (Lipinski definition) is 6. The van der Waals surface area contributed by atoms with Gasteiger partial charge in [0.2, 0.25) is 5.95 Å². The molecule has 20 heavy (non-hydrogen) atoms. The molecule has 0 aliphatic carbocycles. The highest BCUT2D eigenvalue weighted by Gasteiger charge is 2.23. The SMILES string of the molecule is COc1ccc(O)c(-c2nc(N3CCC(N)C3)n[nH]2)c1. The fourth-order valence-corrected chi connectivity index (χ4v) is 2.32. The van der Waals surface area contributed by atoms with Crippen LogP contribution in [0.5, 0.6) is 11.5 Å². The number of phenolic OH excluding ortho intramolecular Hbond substituents is 1. The van der Waals surface area contributed by atoms with E-state index in [0.29, 0.717) is 23.1 Å². The third-order valence-corrected chi connectivity index (χ3v) is 3.44. The first kappa shape index (κ1) is 12.7. The Bertz CT molecular complexity index is 613. The van der Waals surface area contributed by atoms with E-state index in [1.807, 2.05) is 4.90 Å². The summed E-state index contributed by atoms with van der Waals surface area (Å²) in [5.74, 6) is 1.90. The highest BCUT2D eigenvalue weighted by molar-refractivity contribution is 5.66. The average Bonchev–Trinajstić information content (AvgIpc) is 3.08. The first-order valence-electron chi connectivity index (χ1n) is 6.47. The quantitative estimate of drug-likeness (QED) is 0.763. The van der Waals surface area contributed by atoms with Gasteiger partial charge >= 0.3 is 0 Å². The Morgan fingerprint density at radius 2 is 2.35 bits per heavy atom. The van der Waals surface area contributed by atoms with Crippen molar-refractivity contribution in [2.75, 3.05) is 25.1 Å². The van der Waals surface area contributed by atoms with Gasteiger partial charge in [0.05, 0.1) is 12.7 Å². The zero-order chi connectivity index (χ0) is 14.1. The van der Waals surface area contributed by atoms with E-state index in [9.17, 15) is 5.11 Å². The van der Waals surface area contributed by atoms with Gasteiger partial charge in [-0.3, -0.25) is 5.10 Å². The summed E-state index contributed by atoms with van der Waals surface area (Å²) in [6.45, 7) is 1.60. The Morgan fingerprint density at radius 1 is 1.50 bits per heavy atom. The molecular weight excluding hydrogens is 258 g/mol. The van der Waals surface area contributed by atoms with Crippen LogP contribution in [-0.4, -0.2) is 46.5 Å². The first-order chi connectivity index (χ1) is 9.67. The first-order valence-corrected chi connectivity index (χ1v) is 6.47. The van der Waals surface area contributed by atoms with Gasteiger partial charge in [-0.1, -0.05) is 0 Å². The Morgan fingerprint density at radius 3 is 3.05 bits per heavy atom. The third kappa shape index (κ3) is 2.27. The molecule has 1 unspecified atom stereocenters. The summed E-state index contributed by atoms with van der Waals surface area (Å²) in [4.78, 5) is 6.45. The van der Waals surface area contributed by atoms with Crippen molar-refractivity contribution < 1.29 is 9.84 Å². The largest absolute Gasteiger partial charge is 0.507 e. The van der Waals surface area contributed by atoms with Crippen molar-refractivity contribution in [2.45, 2.75) is 12.5 Å². The molecule has 1 aliphatic rings. The summed E-state index contributed by atoms with van der Waals surface area (Å²) in [5, 5.41) is 17.0. The average molecular weight is 275 g/mol. The smallest absolute Gasteiger partial charge is 0.245 e. The number of benzene rings is 1. The molecule has 7 nitrogen and oxygen atoms in total. The molecule has 0 amide bonds. The van der Waals surface area contributed by atoms with Crippen molar-refractivity contribution in [1.29, 1.82) is 0 Å². The molecule has 1 aliphatic heterocycles. The minimum absolute atomic E-state index is 0.131. The molecule has 7 heteroatoms. The second-order valence-electron chi connectivity index (χ2n) is 4.86. The number of phenols is 1. The lowest BCUT2D eigenvalue weighted by molar-refractivity contribution is 0.412. The minimum atomic E-state index is 0.131. The van der Waals surface area contributed by atoms with Gasteiger partial charge < -0.3 is 20.5 Å². The van der Waals surface area contributed by atoms with Crippen LogP contribution >= 0.6 is 0 Å². The van der Waals surface area contributed by atoms with Crippen LogP contribution < -0.4 is 15.4 Å². The van der Waals surface area contributed by atoms with Crippen LogP contribution in [0, 0.1) is 0 Å². The molecule has 0 spiro atoms. The summed E-state index contributed by atoms with van der Waals surface area (Å²) in [5.41, 5.74) is 6.44. The lowest BCUT2D eigenvalue weighted by atomic mass is 10.2. The van der Waals surface area contributed by atoms with Crippen LogP contribution in [0.3, 0.4) is 0 Å². The van der Waals surface area contributed by atoms with Crippen LogP contribution in [-0.2, 0) is 0 Å². The molecule has 2 heterocycles. The molecule has 0 bridgehead atoms. The molecule has 0 saturated carbocycles. The number of aromatic hydroxyl groups is 1. The Labute approximate surface area is 116 Å². The van der Waals surface area contributed by atoms with Gasteiger partial charge in [0.1, 0.15) is 11.5 Å². The van der Waals surface area contributed by atoms with Crippen molar-refractivity contribution in [3.05, 3.63) is 18.2 Å². The highest BCUT2D eigenvalue weighted by atomic mass is 16.5. The zero-order valence-electron chi connectivity index (χ0n) is 11.2. The second-order valence-corrected chi connectivity index (χ2v) is 4.86. The Hall–Kier alpha value is -2.28. The van der Waals surface area contributed by atoms with E-state index in [-0.39, 0.29) is 11.8 Å². The van der Waals surface area contributed by atoms with Crippen molar-refractivity contribution in [1.82, 2.24) is 15.2 Å². The molecule has 3 rings (SSSR count). The van der Waals surface area contributed by atoms with Gasteiger partial charge in [-0.05, 0) is 24.6 Å². The monoisotopic (exact) mass is 275 g/mol. The summed E-state index contributed by atoms with van der Waals surface area (Å²) >= 11 is 0. The molecule has 4 N–H and O–H groups in total. The second kappa shape index (κ2) is 5.01. The number of H-pyrrole nitrogens is 1. The van der Waals surface area contributed by atoms with E-state index >= 15 is 0 Å². The van der Waals surface area contributed by atoms with Gasteiger partial charge in [0, 0.05) is 19.1 Å². The number of ether oxygens (including phenoxy) is 1. The van der Waals surface area contributed by atoms with Gasteiger partial charge in [-0.25, -0.2) is 0 Å². The zero-order valence-corrected chi connectivity index (χ0v) is 11.2. The van der Waals surface area contributed by atoms with E-state index in [1.165, 1.54) is 0 Å². The lowest BCUT2D eigenvalue weighted by Crippen LogP contribution is -2.26. The number of rotatable bonds is 3. The summed E-state index contributed by atoms with van der Waals surface area (Å²) in [7, 11) is 1.58. The third-order valence-electron chi connectivity index (χ3n) is 3.44. The Kier molecular flexibility index (Phi) is 3.19. The van der Waals surface area contributed by atoms with Gasteiger partial charge in [0.25, 0.3) is 0 Å². The maximum atomic E-state index is 9.92. The van der Waals surface area contributed by atoms with Crippen molar-refractivity contribution >= 4 is 5.95 Å². The predicted molar refractivity (Wildman–Crippen MR) is 74.8 cm³/mol. The van der Waals surface area contributed by atoms with Gasteiger partial charge in [-0.15, -0.1) is 5.10 Å². The highest BCUT2D eigenvalue weighted by Crippen LogP contribution is 2.31. The molecular formula is C13H17N5O2. The fourth-order valence-electron chi connectivity index (χ4n) is 2.32. The topological polar surface area (TPSA) is 100 Å². The number of anilines is 1. The number of methoxy groups -OCH3 is 1. The van der Waals surface area contributed by atoms with E-state index < -0.39 is 0 Å². The number of aromatic nitrogens is 3. The maximum absolute atomic E-state index is 9.92. The molecule has 0 radical (unpaired) electrons. The minimum Gasteiger partial charge on any atom is -0.507 e. The molecule has 106 valence electrons. The lowest BCUT2D eigenvalue weighted by Gasteiger charge is -2.11. The molecule has 1 aromatic carbocycles. The predicted octanol–water partition coefficient (Wildman–Crippen LogP) is 0.723. The van der Waals surface area contributed by atoms with Crippen LogP contribution in [0.15, 0.2) is 18.2 Å². The fraction of sp³-hybridized carbons (Fsp3) is 0.385. The van der Waals surface area contributed by atoms with Crippen LogP contribution in [0.2, 0.25) is 0 Å². The van der Waals surface area contributed by atoms with E-state index in [1.54, 1.807) is 25.3 Å². The van der Waals surface area contributed by atoms with E-state index in [4.69, 9.17) is 10.5 Å². The van der Waals surface area contributed by atoms with Gasteiger partial charge in [-0.2, -0.15) is 4.98 Å². The molecule has 2 aromatic rings. The standard InChI is InChI=1S/C13H17N5O2/c1-20-9-2-3-11(19)10(6-9)12-15-13(17-16-12)18-5-4-8(14)7-18/h2-3,6,8,19H,4-5,7,14H2,1H3,(H,15,16,17). The van der Waals surface area contributed by atoms with E-state index in [0.717, 1.165) is 19.5 Å². The normalized spacial score (nSPS) is 18.5. The number of nitrogens with two attached hydrogens (primary N) is 1. The van der Waals surface area contributed by atoms with Crippen molar-refractivity contribution in [3.63, 3.8) is 0 Å². The van der Waals surface area contributed by atoms with Crippen molar-refractivity contribution in [3.8, 4) is 22.9 Å². The number of nitrogens with zero attached hydrogens (tertiary/aromatic N) is 3. The number of hydrogen-bond donors (Lipinski definition) is 3.